The highest BCUT2D eigenvalue weighted by molar-refractivity contribution is 6.11. The van der Waals surface area contributed by atoms with Crippen molar-refractivity contribution in [2.45, 2.75) is 72.8 Å². The van der Waals surface area contributed by atoms with Crippen molar-refractivity contribution < 1.29 is 9.59 Å². The number of Topliss-reactive ketones (excluding diaryl/α,β-unsaturated/α-hetero) is 2. The third-order valence-electron chi connectivity index (χ3n) is 7.54. The van der Waals surface area contributed by atoms with Crippen LogP contribution in [0, 0.1) is 22.7 Å². The van der Waals surface area contributed by atoms with Crippen LogP contribution in [-0.2, 0) is 17.8 Å². The van der Waals surface area contributed by atoms with Crippen molar-refractivity contribution in [1.29, 1.82) is 5.26 Å². The van der Waals surface area contributed by atoms with Gasteiger partial charge in [-0.1, -0.05) is 52.3 Å². The minimum atomic E-state index is -0.587. The van der Waals surface area contributed by atoms with Gasteiger partial charge in [0.1, 0.15) is 5.78 Å². The molecule has 0 amide bonds. The highest BCUT2D eigenvalue weighted by Crippen LogP contribution is 2.39. The predicted octanol–water partition coefficient (Wildman–Crippen LogP) is 6.83. The standard InChI is InChI=1S/C30H34N2O2/c1-19(2)24-12-13-26-25(15-24)28(29(34)23-10-7-11-23)27(16-30(4,5)20(3)33)32(26)18-22-9-6-8-21(14-22)17-31/h6,8-9,12-15,19,23H,7,10-11,16,18H2,1-5H3. The van der Waals surface area contributed by atoms with Crippen molar-refractivity contribution in [2.24, 2.45) is 11.3 Å². The molecule has 0 atom stereocenters. The molecule has 0 radical (unpaired) electrons. The lowest BCUT2D eigenvalue weighted by molar-refractivity contribution is -0.124. The van der Waals surface area contributed by atoms with Crippen molar-refractivity contribution in [3.8, 4) is 6.07 Å². The zero-order valence-corrected chi connectivity index (χ0v) is 20.9. The van der Waals surface area contributed by atoms with E-state index < -0.39 is 5.41 Å². The number of ketones is 2. The van der Waals surface area contributed by atoms with Crippen LogP contribution in [0.3, 0.4) is 0 Å². The third-order valence-corrected chi connectivity index (χ3v) is 7.54. The van der Waals surface area contributed by atoms with Gasteiger partial charge in [-0.2, -0.15) is 5.26 Å². The van der Waals surface area contributed by atoms with Crippen molar-refractivity contribution in [1.82, 2.24) is 4.57 Å². The van der Waals surface area contributed by atoms with Crippen LogP contribution in [0.1, 0.15) is 92.5 Å². The molecular formula is C30H34N2O2. The molecule has 0 spiro atoms. The Morgan fingerprint density at radius 1 is 1.15 bits per heavy atom. The molecule has 0 aliphatic heterocycles. The number of carbonyl (C=O) groups is 2. The number of carbonyl (C=O) groups excluding carboxylic acids is 2. The molecule has 0 unspecified atom stereocenters. The Bertz CT molecular complexity index is 1300. The minimum Gasteiger partial charge on any atom is -0.339 e. The van der Waals surface area contributed by atoms with Gasteiger partial charge in [-0.15, -0.1) is 0 Å². The van der Waals surface area contributed by atoms with E-state index >= 15 is 0 Å². The molecule has 1 aliphatic carbocycles. The lowest BCUT2D eigenvalue weighted by Gasteiger charge is -2.27. The molecule has 4 rings (SSSR count). The topological polar surface area (TPSA) is 62.9 Å². The quantitative estimate of drug-likeness (QED) is 0.351. The summed E-state index contributed by atoms with van der Waals surface area (Å²) in [5.41, 5.74) is 5.00. The summed E-state index contributed by atoms with van der Waals surface area (Å²) < 4.78 is 2.21. The fraction of sp³-hybridized carbons (Fsp3) is 0.433. The van der Waals surface area contributed by atoms with Crippen LogP contribution in [0.4, 0.5) is 0 Å². The first-order chi connectivity index (χ1) is 16.1. The summed E-state index contributed by atoms with van der Waals surface area (Å²) >= 11 is 0. The van der Waals surface area contributed by atoms with Crippen LogP contribution >= 0.6 is 0 Å². The summed E-state index contributed by atoms with van der Waals surface area (Å²) in [7, 11) is 0. The molecule has 0 N–H and O–H groups in total. The first-order valence-corrected chi connectivity index (χ1v) is 12.3. The van der Waals surface area contributed by atoms with E-state index in [2.05, 4.69) is 42.7 Å². The Balaban J connectivity index is 1.98. The lowest BCUT2D eigenvalue weighted by atomic mass is 9.77. The van der Waals surface area contributed by atoms with E-state index in [1.54, 1.807) is 13.0 Å². The smallest absolute Gasteiger partial charge is 0.168 e. The maximum Gasteiger partial charge on any atom is 0.168 e. The summed E-state index contributed by atoms with van der Waals surface area (Å²) in [6, 6.07) is 16.3. The van der Waals surface area contributed by atoms with Crippen LogP contribution in [0.2, 0.25) is 0 Å². The maximum absolute atomic E-state index is 13.8. The van der Waals surface area contributed by atoms with Gasteiger partial charge in [0.15, 0.2) is 5.78 Å². The van der Waals surface area contributed by atoms with Crippen molar-refractivity contribution in [2.75, 3.05) is 0 Å². The Labute approximate surface area is 202 Å². The Morgan fingerprint density at radius 2 is 1.88 bits per heavy atom. The van der Waals surface area contributed by atoms with Gasteiger partial charge in [-0.05, 0) is 61.1 Å². The molecule has 0 saturated heterocycles. The van der Waals surface area contributed by atoms with E-state index in [4.69, 9.17) is 0 Å². The van der Waals surface area contributed by atoms with Crippen LogP contribution < -0.4 is 0 Å². The molecule has 34 heavy (non-hydrogen) atoms. The molecule has 1 heterocycles. The van der Waals surface area contributed by atoms with Crippen LogP contribution in [-0.4, -0.2) is 16.1 Å². The molecule has 3 aromatic rings. The number of rotatable bonds is 8. The maximum atomic E-state index is 13.8. The molecule has 1 aromatic heterocycles. The molecule has 1 fully saturated rings. The van der Waals surface area contributed by atoms with Gasteiger partial charge < -0.3 is 4.57 Å². The Hall–Kier alpha value is -3.19. The van der Waals surface area contributed by atoms with Crippen LogP contribution in [0.5, 0.6) is 0 Å². The van der Waals surface area contributed by atoms with Crippen LogP contribution in [0.15, 0.2) is 42.5 Å². The fourth-order valence-corrected chi connectivity index (χ4v) is 4.76. The lowest BCUT2D eigenvalue weighted by Crippen LogP contribution is -2.28. The van der Waals surface area contributed by atoms with Gasteiger partial charge in [0.05, 0.1) is 11.6 Å². The summed E-state index contributed by atoms with van der Waals surface area (Å²) in [4.78, 5) is 26.4. The molecule has 2 aromatic carbocycles. The summed E-state index contributed by atoms with van der Waals surface area (Å²) in [5, 5.41) is 10.4. The average molecular weight is 455 g/mol. The molecule has 1 aliphatic rings. The zero-order chi connectivity index (χ0) is 24.6. The Morgan fingerprint density at radius 3 is 2.47 bits per heavy atom. The largest absolute Gasteiger partial charge is 0.339 e. The van der Waals surface area contributed by atoms with E-state index in [-0.39, 0.29) is 17.5 Å². The van der Waals surface area contributed by atoms with E-state index in [0.29, 0.717) is 24.4 Å². The van der Waals surface area contributed by atoms with Gasteiger partial charge in [-0.25, -0.2) is 0 Å². The monoisotopic (exact) mass is 454 g/mol. The molecule has 4 heteroatoms. The van der Waals surface area contributed by atoms with Crippen molar-refractivity contribution >= 4 is 22.5 Å². The van der Waals surface area contributed by atoms with Crippen molar-refractivity contribution in [3.63, 3.8) is 0 Å². The molecule has 4 nitrogen and oxygen atoms in total. The van der Waals surface area contributed by atoms with Gasteiger partial charge in [0, 0.05) is 46.5 Å². The van der Waals surface area contributed by atoms with E-state index in [1.165, 1.54) is 5.56 Å². The number of fused-ring (bicyclic) bond motifs is 1. The van der Waals surface area contributed by atoms with Gasteiger partial charge in [-0.3, -0.25) is 9.59 Å². The Kier molecular flexibility index (Phi) is 6.49. The second-order valence-electron chi connectivity index (χ2n) is 10.8. The minimum absolute atomic E-state index is 0.0721. The summed E-state index contributed by atoms with van der Waals surface area (Å²) in [6.45, 7) is 10.4. The first-order valence-electron chi connectivity index (χ1n) is 12.3. The summed E-state index contributed by atoms with van der Waals surface area (Å²) in [6.07, 6.45) is 3.48. The van der Waals surface area contributed by atoms with Gasteiger partial charge in [0.25, 0.3) is 0 Å². The van der Waals surface area contributed by atoms with Gasteiger partial charge in [0.2, 0.25) is 0 Å². The highest BCUT2D eigenvalue weighted by atomic mass is 16.1. The number of benzene rings is 2. The van der Waals surface area contributed by atoms with E-state index in [1.807, 2.05) is 32.0 Å². The molecular weight excluding hydrogens is 420 g/mol. The third kappa shape index (κ3) is 4.44. The van der Waals surface area contributed by atoms with Crippen molar-refractivity contribution in [3.05, 3.63) is 70.4 Å². The highest BCUT2D eigenvalue weighted by Gasteiger charge is 2.35. The summed E-state index contributed by atoms with van der Waals surface area (Å²) in [5.74, 6) is 0.753. The average Bonchev–Trinajstić information content (AvgIpc) is 3.04. The number of hydrogen-bond acceptors (Lipinski definition) is 3. The zero-order valence-electron chi connectivity index (χ0n) is 20.9. The SMILES string of the molecule is CC(=O)C(C)(C)Cc1c(C(=O)C2CCC2)c2cc(C(C)C)ccc2n1Cc1cccc(C#N)c1. The normalized spacial score (nSPS) is 14.3. The second kappa shape index (κ2) is 9.22. The second-order valence-corrected chi connectivity index (χ2v) is 10.8. The number of aromatic nitrogens is 1. The number of nitriles is 1. The molecule has 0 bridgehead atoms. The number of hydrogen-bond donors (Lipinski definition) is 0. The molecule has 176 valence electrons. The number of nitrogens with zero attached hydrogens (tertiary/aromatic N) is 2. The first kappa shape index (κ1) is 24.0. The van der Waals surface area contributed by atoms with E-state index in [9.17, 15) is 14.9 Å². The predicted molar refractivity (Wildman–Crippen MR) is 136 cm³/mol. The van der Waals surface area contributed by atoms with Crippen LogP contribution in [0.25, 0.3) is 10.9 Å². The van der Waals surface area contributed by atoms with Gasteiger partial charge >= 0.3 is 0 Å². The molecule has 1 saturated carbocycles. The van der Waals surface area contributed by atoms with E-state index in [0.717, 1.165) is 47.0 Å². The fourth-order valence-electron chi connectivity index (χ4n) is 4.76.